The monoisotopic (exact) mass is 520 g/mol. The van der Waals surface area contributed by atoms with Crippen LogP contribution in [-0.4, -0.2) is 41.0 Å². The summed E-state index contributed by atoms with van der Waals surface area (Å²) in [5.41, 5.74) is 5.82. The van der Waals surface area contributed by atoms with Gasteiger partial charge >= 0.3 is 0 Å². The third-order valence-corrected chi connectivity index (χ3v) is 7.42. The number of likely N-dealkylation sites (tertiary alicyclic amines) is 1. The molecule has 8 heteroatoms. The van der Waals surface area contributed by atoms with Crippen molar-refractivity contribution < 1.29 is 13.3 Å². The van der Waals surface area contributed by atoms with E-state index in [0.29, 0.717) is 17.0 Å². The molecular formula is C29H30F2N4OS. The molecule has 3 aromatic rings. The van der Waals surface area contributed by atoms with Gasteiger partial charge in [0.25, 0.3) is 0 Å². The molecule has 0 bridgehead atoms. The summed E-state index contributed by atoms with van der Waals surface area (Å²) in [4.78, 5) is 2.96. The Morgan fingerprint density at radius 3 is 1.97 bits per heavy atom. The predicted molar refractivity (Wildman–Crippen MR) is 147 cm³/mol. The van der Waals surface area contributed by atoms with Crippen LogP contribution in [0.2, 0.25) is 0 Å². The van der Waals surface area contributed by atoms with Crippen molar-refractivity contribution in [1.29, 1.82) is 0 Å². The van der Waals surface area contributed by atoms with Crippen LogP contribution in [-0.2, 0) is 11.4 Å². The lowest BCUT2D eigenvalue weighted by molar-refractivity contribution is 0.264. The molecule has 192 valence electrons. The van der Waals surface area contributed by atoms with Crippen LogP contribution in [0.5, 0.6) is 0 Å². The fourth-order valence-corrected chi connectivity index (χ4v) is 5.07. The molecule has 4 rings (SSSR count). The van der Waals surface area contributed by atoms with E-state index in [1.54, 1.807) is 36.4 Å². The summed E-state index contributed by atoms with van der Waals surface area (Å²) in [5, 5.41) is 3.82. The SMILES string of the molecule is Cc1ccc([S+]([O-])N=CC(CCN2CCC(=C(c3ccc(F)cc3)c3ccc(F)cc3)CC2)=NN)cc1. The first-order chi connectivity index (χ1) is 17.9. The molecule has 3 aromatic carbocycles. The van der Waals surface area contributed by atoms with Crippen molar-refractivity contribution in [3.8, 4) is 0 Å². The number of rotatable bonds is 8. The van der Waals surface area contributed by atoms with Crippen LogP contribution in [0.15, 0.2) is 92.8 Å². The maximum atomic E-state index is 13.6. The number of piperidine rings is 1. The van der Waals surface area contributed by atoms with Gasteiger partial charge in [-0.1, -0.05) is 51.9 Å². The molecule has 0 amide bonds. The molecule has 2 N–H and O–H groups in total. The van der Waals surface area contributed by atoms with E-state index >= 15 is 0 Å². The highest BCUT2D eigenvalue weighted by Gasteiger charge is 2.20. The molecule has 1 aliphatic rings. The molecule has 0 spiro atoms. The first kappa shape index (κ1) is 26.7. The van der Waals surface area contributed by atoms with Gasteiger partial charge in [-0.05, 0) is 72.9 Å². The number of nitrogens with two attached hydrogens (primary N) is 1. The van der Waals surface area contributed by atoms with Crippen LogP contribution >= 0.6 is 0 Å². The van der Waals surface area contributed by atoms with Gasteiger partial charge < -0.3 is 15.3 Å². The van der Waals surface area contributed by atoms with Gasteiger partial charge in [0.05, 0.1) is 5.71 Å². The molecule has 1 aliphatic heterocycles. The Balaban J connectivity index is 1.39. The van der Waals surface area contributed by atoms with E-state index in [4.69, 9.17) is 5.84 Å². The average molecular weight is 521 g/mol. The van der Waals surface area contributed by atoms with Crippen LogP contribution in [0.4, 0.5) is 8.78 Å². The maximum absolute atomic E-state index is 13.6. The van der Waals surface area contributed by atoms with Crippen molar-refractivity contribution in [2.24, 2.45) is 15.3 Å². The highest BCUT2D eigenvalue weighted by molar-refractivity contribution is 7.90. The zero-order chi connectivity index (χ0) is 26.2. The second-order valence-electron chi connectivity index (χ2n) is 9.00. The topological polar surface area (TPSA) is 77.0 Å². The minimum absolute atomic E-state index is 0.286. The zero-order valence-electron chi connectivity index (χ0n) is 20.7. The quantitative estimate of drug-likeness (QED) is 0.180. The second-order valence-corrected chi connectivity index (χ2v) is 10.2. The van der Waals surface area contributed by atoms with E-state index in [0.717, 1.165) is 54.7 Å². The minimum atomic E-state index is -1.51. The van der Waals surface area contributed by atoms with Gasteiger partial charge in [0.15, 0.2) is 4.90 Å². The summed E-state index contributed by atoms with van der Waals surface area (Å²) < 4.78 is 43.7. The van der Waals surface area contributed by atoms with E-state index in [9.17, 15) is 13.3 Å². The normalized spacial score (nSPS) is 15.8. The Morgan fingerprint density at radius 2 is 1.46 bits per heavy atom. The Morgan fingerprint density at radius 1 is 0.919 bits per heavy atom. The predicted octanol–water partition coefficient (Wildman–Crippen LogP) is 5.67. The number of aryl methyl sites for hydroxylation is 1. The van der Waals surface area contributed by atoms with Crippen molar-refractivity contribution in [3.05, 3.63) is 107 Å². The van der Waals surface area contributed by atoms with E-state index in [1.807, 2.05) is 19.1 Å². The summed E-state index contributed by atoms with van der Waals surface area (Å²) in [6.07, 6.45) is 3.76. The lowest BCUT2D eigenvalue weighted by atomic mass is 9.88. The molecule has 0 radical (unpaired) electrons. The fraction of sp³-hybridized carbons (Fsp3) is 0.241. The average Bonchev–Trinajstić information content (AvgIpc) is 2.92. The van der Waals surface area contributed by atoms with E-state index in [1.165, 1.54) is 36.1 Å². The summed E-state index contributed by atoms with van der Waals surface area (Å²) in [6.45, 7) is 4.40. The molecule has 1 unspecified atom stereocenters. The Labute approximate surface area is 219 Å². The lowest BCUT2D eigenvalue weighted by Crippen LogP contribution is -2.33. The molecule has 1 fully saturated rings. The molecule has 0 aromatic heterocycles. The molecule has 1 heterocycles. The van der Waals surface area contributed by atoms with Gasteiger partial charge in [0, 0.05) is 26.1 Å². The van der Waals surface area contributed by atoms with E-state index in [2.05, 4.69) is 14.4 Å². The minimum Gasteiger partial charge on any atom is -0.586 e. The highest BCUT2D eigenvalue weighted by atomic mass is 32.2. The van der Waals surface area contributed by atoms with Crippen LogP contribution in [0.25, 0.3) is 5.57 Å². The molecule has 1 atom stereocenters. The molecule has 1 saturated heterocycles. The number of hydrazone groups is 1. The summed E-state index contributed by atoms with van der Waals surface area (Å²) in [5.74, 6) is 4.99. The lowest BCUT2D eigenvalue weighted by Gasteiger charge is -2.30. The second kappa shape index (κ2) is 12.8. The first-order valence-electron chi connectivity index (χ1n) is 12.2. The fourth-order valence-electron chi connectivity index (χ4n) is 4.36. The summed E-state index contributed by atoms with van der Waals surface area (Å²) in [6, 6.07) is 20.3. The van der Waals surface area contributed by atoms with Crippen molar-refractivity contribution in [2.75, 3.05) is 19.6 Å². The van der Waals surface area contributed by atoms with E-state index < -0.39 is 11.4 Å². The standard InChI is InChI=1S/C29H30F2N4OS/c1-21-2-12-28(13-3-21)37(36)33-20-27(34-32)16-19-35-17-14-24(15-18-35)29(22-4-8-25(30)9-5-22)23-6-10-26(31)11-7-23/h2-13,20H,14-19,32H2,1H3. The molecule has 0 aliphatic carbocycles. The van der Waals surface area contributed by atoms with Crippen LogP contribution in [0.1, 0.15) is 36.0 Å². The van der Waals surface area contributed by atoms with Crippen molar-refractivity contribution in [2.45, 2.75) is 31.1 Å². The van der Waals surface area contributed by atoms with Crippen LogP contribution in [0.3, 0.4) is 0 Å². The van der Waals surface area contributed by atoms with Crippen LogP contribution < -0.4 is 5.84 Å². The van der Waals surface area contributed by atoms with E-state index in [-0.39, 0.29) is 11.6 Å². The third-order valence-electron chi connectivity index (χ3n) is 6.45. The van der Waals surface area contributed by atoms with Crippen molar-refractivity contribution in [3.63, 3.8) is 0 Å². The summed E-state index contributed by atoms with van der Waals surface area (Å²) >= 11 is -1.51. The Hall–Kier alpha value is -3.33. The van der Waals surface area contributed by atoms with Crippen LogP contribution in [0, 0.1) is 18.6 Å². The van der Waals surface area contributed by atoms with Gasteiger partial charge in [-0.2, -0.15) is 5.10 Å². The first-order valence-corrected chi connectivity index (χ1v) is 13.3. The smallest absolute Gasteiger partial charge is 0.182 e. The van der Waals surface area contributed by atoms with Gasteiger partial charge in [-0.25, -0.2) is 8.78 Å². The molecule has 37 heavy (non-hydrogen) atoms. The van der Waals surface area contributed by atoms with Crippen molar-refractivity contribution >= 4 is 28.9 Å². The number of halogens is 2. The van der Waals surface area contributed by atoms with Crippen molar-refractivity contribution in [1.82, 2.24) is 4.90 Å². The van der Waals surface area contributed by atoms with Gasteiger partial charge in [0.2, 0.25) is 0 Å². The Kier molecular flexibility index (Phi) is 9.22. The third kappa shape index (κ3) is 7.35. The zero-order valence-corrected chi connectivity index (χ0v) is 21.6. The van der Waals surface area contributed by atoms with Gasteiger partial charge in [-0.15, -0.1) is 0 Å². The number of hydrogen-bond donors (Lipinski definition) is 1. The number of nitrogens with zero attached hydrogens (tertiary/aromatic N) is 3. The van der Waals surface area contributed by atoms with Gasteiger partial charge in [0.1, 0.15) is 29.2 Å². The maximum Gasteiger partial charge on any atom is 0.182 e. The molecule has 5 nitrogen and oxygen atoms in total. The largest absolute Gasteiger partial charge is 0.586 e. The summed E-state index contributed by atoms with van der Waals surface area (Å²) in [7, 11) is 0. The highest BCUT2D eigenvalue weighted by Crippen LogP contribution is 2.32. The molecular weight excluding hydrogens is 490 g/mol. The molecule has 0 saturated carbocycles. The van der Waals surface area contributed by atoms with Gasteiger partial charge in [-0.3, -0.25) is 0 Å². The number of benzene rings is 3. The number of hydrogen-bond acceptors (Lipinski definition) is 5. The Bertz CT molecular complexity index is 1220.